The van der Waals surface area contributed by atoms with Crippen LogP contribution in [0.5, 0.6) is 0 Å². The number of carbonyl (C=O) groups excluding carboxylic acids is 3. The molecule has 0 aromatic heterocycles. The number of amides is 2. The van der Waals surface area contributed by atoms with E-state index in [1.165, 1.54) is 7.11 Å². The second-order valence-corrected chi connectivity index (χ2v) is 5.76. The van der Waals surface area contributed by atoms with Crippen LogP contribution in [0.4, 0.5) is 0 Å². The Labute approximate surface area is 143 Å². The Balaban J connectivity index is 2.43. The second kappa shape index (κ2) is 10.4. The number of nitrogens with one attached hydrogen (secondary N) is 1. The summed E-state index contributed by atoms with van der Waals surface area (Å²) in [5, 5.41) is 2.53. The Kier molecular flexibility index (Phi) is 8.54. The Bertz CT molecular complexity index is 559. The number of methoxy groups -OCH3 is 1. The molecule has 0 saturated heterocycles. The zero-order valence-corrected chi connectivity index (χ0v) is 14.6. The Morgan fingerprint density at radius 2 is 2.08 bits per heavy atom. The van der Waals surface area contributed by atoms with Crippen molar-refractivity contribution in [1.82, 2.24) is 10.2 Å². The third-order valence-corrected chi connectivity index (χ3v) is 3.61. The van der Waals surface area contributed by atoms with Crippen molar-refractivity contribution in [3.8, 4) is 0 Å². The van der Waals surface area contributed by atoms with Crippen LogP contribution < -0.4 is 5.32 Å². The Morgan fingerprint density at radius 1 is 1.33 bits per heavy atom. The molecule has 6 heteroatoms. The number of esters is 1. The molecule has 2 amide bonds. The summed E-state index contributed by atoms with van der Waals surface area (Å²) in [4.78, 5) is 36.1. The van der Waals surface area contributed by atoms with Crippen molar-refractivity contribution in [2.45, 2.75) is 32.1 Å². The lowest BCUT2D eigenvalue weighted by molar-refractivity contribution is -0.140. The zero-order valence-electron chi connectivity index (χ0n) is 14.6. The van der Waals surface area contributed by atoms with E-state index in [9.17, 15) is 14.4 Å². The van der Waals surface area contributed by atoms with E-state index in [1.54, 1.807) is 19.0 Å². The van der Waals surface area contributed by atoms with Crippen molar-refractivity contribution in [2.75, 3.05) is 27.7 Å². The third-order valence-electron chi connectivity index (χ3n) is 3.61. The van der Waals surface area contributed by atoms with Gasteiger partial charge in [0.25, 0.3) is 5.91 Å². The van der Waals surface area contributed by atoms with Gasteiger partial charge in [-0.2, -0.15) is 0 Å². The minimum atomic E-state index is -0.476. The fourth-order valence-corrected chi connectivity index (χ4v) is 2.17. The average molecular weight is 334 g/mol. The number of ether oxygens (including phenoxy) is 1. The van der Waals surface area contributed by atoms with E-state index in [2.05, 4.69) is 10.1 Å². The van der Waals surface area contributed by atoms with Gasteiger partial charge >= 0.3 is 5.97 Å². The smallest absolute Gasteiger partial charge is 0.325 e. The van der Waals surface area contributed by atoms with Gasteiger partial charge in [0.05, 0.1) is 7.11 Å². The van der Waals surface area contributed by atoms with Crippen LogP contribution in [0, 0.1) is 0 Å². The lowest BCUT2D eigenvalue weighted by atomic mass is 9.98. The zero-order chi connectivity index (χ0) is 17.9. The molecule has 0 bridgehead atoms. The van der Waals surface area contributed by atoms with Crippen LogP contribution in [0.1, 0.15) is 32.1 Å². The first-order valence-corrected chi connectivity index (χ1v) is 8.06. The summed E-state index contributed by atoms with van der Waals surface area (Å²) < 4.78 is 4.49. The molecular weight excluding hydrogens is 308 g/mol. The lowest BCUT2D eigenvalue weighted by Crippen LogP contribution is -2.31. The number of carbonyl (C=O) groups is 3. The van der Waals surface area contributed by atoms with Gasteiger partial charge in [-0.25, -0.2) is 0 Å². The van der Waals surface area contributed by atoms with Crippen LogP contribution in [0.15, 0.2) is 35.5 Å². The summed E-state index contributed by atoms with van der Waals surface area (Å²) in [5.41, 5.74) is 1.63. The molecule has 24 heavy (non-hydrogen) atoms. The molecule has 1 aliphatic rings. The molecule has 6 nitrogen and oxygen atoms in total. The molecule has 0 heterocycles. The summed E-state index contributed by atoms with van der Waals surface area (Å²) in [6.07, 6.45) is 11.6. The summed E-state index contributed by atoms with van der Waals surface area (Å²) in [6.45, 7) is -0.133. The predicted molar refractivity (Wildman–Crippen MR) is 92.1 cm³/mol. The van der Waals surface area contributed by atoms with E-state index in [0.717, 1.165) is 31.3 Å². The van der Waals surface area contributed by atoms with Crippen molar-refractivity contribution in [3.63, 3.8) is 0 Å². The van der Waals surface area contributed by atoms with Gasteiger partial charge < -0.3 is 15.0 Å². The Hall–Kier alpha value is -2.37. The van der Waals surface area contributed by atoms with Gasteiger partial charge in [0.15, 0.2) is 0 Å². The van der Waals surface area contributed by atoms with E-state index in [4.69, 9.17) is 0 Å². The van der Waals surface area contributed by atoms with Gasteiger partial charge in [0, 0.05) is 26.1 Å². The fraction of sp³-hybridized carbons (Fsp3) is 0.500. The first-order valence-electron chi connectivity index (χ1n) is 8.06. The van der Waals surface area contributed by atoms with Crippen molar-refractivity contribution in [1.29, 1.82) is 0 Å². The number of rotatable bonds is 8. The molecule has 0 aromatic carbocycles. The largest absolute Gasteiger partial charge is 0.468 e. The minimum absolute atomic E-state index is 0.132. The van der Waals surface area contributed by atoms with Gasteiger partial charge in [-0.3, -0.25) is 14.4 Å². The SMILES string of the molecule is COC(=O)CNC(=O)C1=CCCC(/C=C\CCCC(=O)N(C)C)=C1. The number of nitrogens with zero attached hydrogens (tertiary/aromatic N) is 1. The fourth-order valence-electron chi connectivity index (χ4n) is 2.17. The van der Waals surface area contributed by atoms with E-state index < -0.39 is 5.97 Å². The van der Waals surface area contributed by atoms with Gasteiger partial charge in [0.1, 0.15) is 6.54 Å². The Morgan fingerprint density at radius 3 is 2.75 bits per heavy atom. The van der Waals surface area contributed by atoms with Crippen molar-refractivity contribution < 1.29 is 19.1 Å². The molecule has 0 radical (unpaired) electrons. The van der Waals surface area contributed by atoms with E-state index >= 15 is 0 Å². The highest BCUT2D eigenvalue weighted by molar-refractivity contribution is 5.98. The lowest BCUT2D eigenvalue weighted by Gasteiger charge is -2.11. The number of hydrogen-bond acceptors (Lipinski definition) is 4. The molecule has 132 valence electrons. The van der Waals surface area contributed by atoms with Gasteiger partial charge in [-0.15, -0.1) is 0 Å². The normalized spacial score (nSPS) is 14.0. The molecule has 0 fully saturated rings. The van der Waals surface area contributed by atoms with Crippen LogP contribution in [-0.4, -0.2) is 50.4 Å². The van der Waals surface area contributed by atoms with E-state index in [0.29, 0.717) is 12.0 Å². The topological polar surface area (TPSA) is 75.7 Å². The molecule has 0 aromatic rings. The number of unbranched alkanes of at least 4 members (excludes halogenated alkanes) is 1. The highest BCUT2D eigenvalue weighted by Crippen LogP contribution is 2.19. The summed E-state index contributed by atoms with van der Waals surface area (Å²) in [7, 11) is 4.79. The van der Waals surface area contributed by atoms with Crippen LogP contribution in [0.25, 0.3) is 0 Å². The van der Waals surface area contributed by atoms with Gasteiger partial charge in [-0.1, -0.05) is 18.2 Å². The first-order chi connectivity index (χ1) is 11.4. The van der Waals surface area contributed by atoms with Crippen LogP contribution in [-0.2, 0) is 19.1 Å². The third kappa shape index (κ3) is 7.26. The van der Waals surface area contributed by atoms with Crippen molar-refractivity contribution in [2.24, 2.45) is 0 Å². The monoisotopic (exact) mass is 334 g/mol. The molecule has 0 unspecified atom stereocenters. The summed E-state index contributed by atoms with van der Waals surface area (Å²) >= 11 is 0. The maximum absolute atomic E-state index is 12.0. The number of allylic oxidation sites excluding steroid dienone is 4. The van der Waals surface area contributed by atoms with E-state index in [1.807, 2.05) is 24.3 Å². The highest BCUT2D eigenvalue weighted by Gasteiger charge is 2.12. The molecule has 1 aliphatic carbocycles. The van der Waals surface area contributed by atoms with Crippen LogP contribution >= 0.6 is 0 Å². The second-order valence-electron chi connectivity index (χ2n) is 5.76. The number of hydrogen-bond donors (Lipinski definition) is 1. The molecule has 1 rings (SSSR count). The average Bonchev–Trinajstić information content (AvgIpc) is 2.58. The maximum Gasteiger partial charge on any atom is 0.325 e. The van der Waals surface area contributed by atoms with Gasteiger partial charge in [-0.05, 0) is 37.3 Å². The van der Waals surface area contributed by atoms with Crippen molar-refractivity contribution in [3.05, 3.63) is 35.5 Å². The molecule has 0 aliphatic heterocycles. The van der Waals surface area contributed by atoms with E-state index in [-0.39, 0.29) is 18.4 Å². The van der Waals surface area contributed by atoms with Crippen LogP contribution in [0.3, 0.4) is 0 Å². The highest BCUT2D eigenvalue weighted by atomic mass is 16.5. The first kappa shape index (κ1) is 19.7. The molecule has 0 atom stereocenters. The minimum Gasteiger partial charge on any atom is -0.468 e. The standard InChI is InChI=1S/C18H26N2O4/c1-20(2)16(21)11-6-4-5-8-14-9-7-10-15(12-14)18(23)19-13-17(22)24-3/h5,8,10,12H,4,6-7,9,11,13H2,1-3H3,(H,19,23)/b8-5-. The maximum atomic E-state index is 12.0. The quantitative estimate of drug-likeness (QED) is 0.542. The predicted octanol–water partition coefficient (Wildman–Crippen LogP) is 1.74. The van der Waals surface area contributed by atoms with Crippen molar-refractivity contribution >= 4 is 17.8 Å². The molecule has 0 saturated carbocycles. The summed E-state index contributed by atoms with van der Waals surface area (Å²) in [6, 6.07) is 0. The van der Waals surface area contributed by atoms with Crippen LogP contribution in [0.2, 0.25) is 0 Å². The molecule has 0 spiro atoms. The van der Waals surface area contributed by atoms with Gasteiger partial charge in [0.2, 0.25) is 5.91 Å². The molecular formula is C18H26N2O4. The molecule has 1 N–H and O–H groups in total. The summed E-state index contributed by atoms with van der Waals surface area (Å²) in [5.74, 6) is -0.619.